The zero-order valence-corrected chi connectivity index (χ0v) is 21.0. The van der Waals surface area contributed by atoms with E-state index >= 15 is 0 Å². The van der Waals surface area contributed by atoms with Crippen molar-refractivity contribution in [1.82, 2.24) is 9.80 Å². The molecule has 2 aliphatic rings. The van der Waals surface area contributed by atoms with Gasteiger partial charge in [0, 0.05) is 55.5 Å². The summed E-state index contributed by atoms with van der Waals surface area (Å²) in [5.74, 6) is -1.95. The lowest BCUT2D eigenvalue weighted by Crippen LogP contribution is -2.58. The second-order valence-corrected chi connectivity index (χ2v) is 10.7. The molecule has 5 atom stereocenters. The summed E-state index contributed by atoms with van der Waals surface area (Å²) in [5.41, 5.74) is -0.513. The maximum atomic E-state index is 14.7. The van der Waals surface area contributed by atoms with Gasteiger partial charge in [0.2, 0.25) is 5.91 Å². The van der Waals surface area contributed by atoms with E-state index in [0.29, 0.717) is 31.7 Å². The van der Waals surface area contributed by atoms with Gasteiger partial charge in [-0.05, 0) is 38.8 Å². The van der Waals surface area contributed by atoms with Crippen LogP contribution < -0.4 is 0 Å². The van der Waals surface area contributed by atoms with E-state index in [2.05, 4.69) is 32.6 Å². The summed E-state index contributed by atoms with van der Waals surface area (Å²) in [4.78, 5) is 17.8. The fourth-order valence-corrected chi connectivity index (χ4v) is 5.56. The minimum Gasteiger partial charge on any atom is -0.389 e. The molecule has 0 aromatic heterocycles. The van der Waals surface area contributed by atoms with Crippen molar-refractivity contribution < 1.29 is 18.7 Å². The molecule has 0 saturated carbocycles. The third kappa shape index (κ3) is 5.13. The Morgan fingerprint density at radius 2 is 1.72 bits per heavy atom. The van der Waals surface area contributed by atoms with Gasteiger partial charge in [0.05, 0.1) is 11.5 Å². The summed E-state index contributed by atoms with van der Waals surface area (Å²) in [5, 5.41) is 11.2. The first-order chi connectivity index (χ1) is 14.4. The van der Waals surface area contributed by atoms with Crippen molar-refractivity contribution in [2.75, 3.05) is 26.2 Å². The standard InChI is InChI=1S/C25H38F2N2O2.ClH/c1-7-10-25(31)16(2)12-28(13-17(25)3)23(30)21-15-29(24(4,5)6)14-20(21)19-9-8-18(26)11-22(19)27;/h8-9,11,16-17,20-21,31H,7,10,12-15H2,1-6H3;1H/t16-,17+,20-,21+,25+;/m0./s1. The predicted molar refractivity (Wildman–Crippen MR) is 126 cm³/mol. The number of piperidine rings is 1. The first kappa shape index (κ1) is 27.0. The third-order valence-corrected chi connectivity index (χ3v) is 7.61. The van der Waals surface area contributed by atoms with Gasteiger partial charge in [-0.25, -0.2) is 8.78 Å². The first-order valence-electron chi connectivity index (χ1n) is 11.6. The number of hydrogen-bond acceptors (Lipinski definition) is 3. The maximum Gasteiger partial charge on any atom is 0.227 e. The van der Waals surface area contributed by atoms with Crippen LogP contribution in [-0.4, -0.2) is 58.1 Å². The molecule has 2 fully saturated rings. The van der Waals surface area contributed by atoms with E-state index in [1.54, 1.807) is 0 Å². The lowest BCUT2D eigenvalue weighted by molar-refractivity contribution is -0.152. The summed E-state index contributed by atoms with van der Waals surface area (Å²) >= 11 is 0. The molecule has 0 unspecified atom stereocenters. The SMILES string of the molecule is CCC[C@]1(O)[C@H](C)CN(C(=O)[C@@H]2CN(C(C)(C)C)C[C@H]2c2ccc(F)cc2F)C[C@@H]1C.Cl. The van der Waals surface area contributed by atoms with E-state index in [0.717, 1.165) is 18.9 Å². The normalized spacial score (nSPS) is 31.5. The van der Waals surface area contributed by atoms with Crippen LogP contribution in [0.2, 0.25) is 0 Å². The predicted octanol–water partition coefficient (Wildman–Crippen LogP) is 4.85. The molecule has 2 saturated heterocycles. The first-order valence-corrected chi connectivity index (χ1v) is 11.6. The topological polar surface area (TPSA) is 43.8 Å². The number of aliphatic hydroxyl groups is 1. The molecule has 3 rings (SSSR count). The molecular formula is C25H39ClF2N2O2. The van der Waals surface area contributed by atoms with Gasteiger partial charge in [-0.1, -0.05) is 33.3 Å². The number of nitrogens with zero attached hydrogens (tertiary/aromatic N) is 2. The summed E-state index contributed by atoms with van der Waals surface area (Å²) in [6.45, 7) is 14.5. The Labute approximate surface area is 197 Å². The van der Waals surface area contributed by atoms with Gasteiger partial charge in [0.15, 0.2) is 0 Å². The number of amides is 1. The Balaban J connectivity index is 0.00000363. The molecule has 7 heteroatoms. The maximum absolute atomic E-state index is 14.7. The van der Waals surface area contributed by atoms with E-state index in [4.69, 9.17) is 0 Å². The molecule has 1 aromatic carbocycles. The Kier molecular flexibility index (Phi) is 8.39. The lowest BCUT2D eigenvalue weighted by Gasteiger charge is -2.48. The Morgan fingerprint density at radius 3 is 2.22 bits per heavy atom. The number of hydrogen-bond donors (Lipinski definition) is 1. The van der Waals surface area contributed by atoms with Gasteiger partial charge >= 0.3 is 0 Å². The highest BCUT2D eigenvalue weighted by molar-refractivity contribution is 5.85. The highest BCUT2D eigenvalue weighted by atomic mass is 35.5. The number of carbonyl (C=O) groups is 1. The van der Waals surface area contributed by atoms with E-state index < -0.39 is 23.2 Å². The van der Waals surface area contributed by atoms with Crippen LogP contribution in [0.15, 0.2) is 18.2 Å². The molecule has 1 amide bonds. The molecule has 0 aliphatic carbocycles. The van der Waals surface area contributed by atoms with Crippen LogP contribution >= 0.6 is 12.4 Å². The third-order valence-electron chi connectivity index (χ3n) is 7.61. The van der Waals surface area contributed by atoms with Gasteiger partial charge in [-0.2, -0.15) is 0 Å². The van der Waals surface area contributed by atoms with E-state index in [1.807, 2.05) is 18.7 Å². The Bertz CT molecular complexity index is 802. The van der Waals surface area contributed by atoms with Gasteiger partial charge in [-0.3, -0.25) is 9.69 Å². The van der Waals surface area contributed by atoms with Crippen LogP contribution in [0.5, 0.6) is 0 Å². The molecule has 0 bridgehead atoms. The largest absolute Gasteiger partial charge is 0.389 e. The molecule has 2 heterocycles. The second kappa shape index (κ2) is 9.94. The second-order valence-electron chi connectivity index (χ2n) is 10.7. The minimum absolute atomic E-state index is 0. The van der Waals surface area contributed by atoms with Crippen LogP contribution in [0.25, 0.3) is 0 Å². The quantitative estimate of drug-likeness (QED) is 0.681. The number of benzene rings is 1. The summed E-state index contributed by atoms with van der Waals surface area (Å²) < 4.78 is 28.2. The molecule has 1 aromatic rings. The van der Waals surface area contributed by atoms with Gasteiger partial charge in [0.25, 0.3) is 0 Å². The van der Waals surface area contributed by atoms with Crippen LogP contribution in [0.3, 0.4) is 0 Å². The molecule has 182 valence electrons. The van der Waals surface area contributed by atoms with Crippen LogP contribution in [0.4, 0.5) is 8.78 Å². The van der Waals surface area contributed by atoms with Crippen LogP contribution in [-0.2, 0) is 4.79 Å². The van der Waals surface area contributed by atoms with E-state index in [-0.39, 0.29) is 41.6 Å². The van der Waals surface area contributed by atoms with E-state index in [9.17, 15) is 18.7 Å². The van der Waals surface area contributed by atoms with Crippen molar-refractivity contribution in [2.24, 2.45) is 17.8 Å². The summed E-state index contributed by atoms with van der Waals surface area (Å²) in [7, 11) is 0. The van der Waals surface area contributed by atoms with Gasteiger partial charge in [-0.15, -0.1) is 12.4 Å². The minimum atomic E-state index is -0.763. The highest BCUT2D eigenvalue weighted by Gasteiger charge is 2.49. The average molecular weight is 473 g/mol. The van der Waals surface area contributed by atoms with Crippen LogP contribution in [0.1, 0.15) is 65.9 Å². The number of carbonyl (C=O) groups excluding carboxylic acids is 1. The molecule has 2 aliphatic heterocycles. The van der Waals surface area contributed by atoms with E-state index in [1.165, 1.54) is 12.1 Å². The molecular weight excluding hydrogens is 434 g/mol. The van der Waals surface area contributed by atoms with Crippen molar-refractivity contribution in [1.29, 1.82) is 0 Å². The number of rotatable bonds is 4. The highest BCUT2D eigenvalue weighted by Crippen LogP contribution is 2.41. The van der Waals surface area contributed by atoms with Crippen molar-refractivity contribution in [3.63, 3.8) is 0 Å². The van der Waals surface area contributed by atoms with Crippen LogP contribution in [0, 0.1) is 29.4 Å². The smallest absolute Gasteiger partial charge is 0.227 e. The molecule has 32 heavy (non-hydrogen) atoms. The number of likely N-dealkylation sites (tertiary alicyclic amines) is 2. The fourth-order valence-electron chi connectivity index (χ4n) is 5.56. The molecule has 0 spiro atoms. The van der Waals surface area contributed by atoms with Crippen molar-refractivity contribution >= 4 is 18.3 Å². The molecule has 4 nitrogen and oxygen atoms in total. The zero-order valence-electron chi connectivity index (χ0n) is 20.2. The zero-order chi connectivity index (χ0) is 23.1. The molecule has 0 radical (unpaired) electrons. The Morgan fingerprint density at radius 1 is 1.12 bits per heavy atom. The van der Waals surface area contributed by atoms with Crippen molar-refractivity contribution in [3.05, 3.63) is 35.4 Å². The monoisotopic (exact) mass is 472 g/mol. The Hall–Kier alpha value is -1.24. The van der Waals surface area contributed by atoms with Gasteiger partial charge in [0.1, 0.15) is 11.6 Å². The van der Waals surface area contributed by atoms with Crippen molar-refractivity contribution in [2.45, 2.75) is 71.4 Å². The van der Waals surface area contributed by atoms with Gasteiger partial charge < -0.3 is 10.0 Å². The van der Waals surface area contributed by atoms with Crippen molar-refractivity contribution in [3.8, 4) is 0 Å². The number of halogens is 3. The molecule has 1 N–H and O–H groups in total. The fraction of sp³-hybridized carbons (Fsp3) is 0.720. The summed E-state index contributed by atoms with van der Waals surface area (Å²) in [6, 6.07) is 3.67. The average Bonchev–Trinajstić information content (AvgIpc) is 3.11. The summed E-state index contributed by atoms with van der Waals surface area (Å²) in [6.07, 6.45) is 1.62. The lowest BCUT2D eigenvalue weighted by atomic mass is 9.72.